The second-order valence-corrected chi connectivity index (χ2v) is 5.61. The summed E-state index contributed by atoms with van der Waals surface area (Å²) >= 11 is 0. The molecule has 0 amide bonds. The highest BCUT2D eigenvalue weighted by Gasteiger charge is 2.19. The topological polar surface area (TPSA) is 91.2 Å². The molecule has 3 rings (SSSR count). The van der Waals surface area contributed by atoms with Crippen molar-refractivity contribution in [3.8, 4) is 0 Å². The zero-order valence-electron chi connectivity index (χ0n) is 12.7. The van der Waals surface area contributed by atoms with Crippen LogP contribution in [0.25, 0.3) is 0 Å². The lowest BCUT2D eigenvalue weighted by Crippen LogP contribution is -2.35. The van der Waals surface area contributed by atoms with Gasteiger partial charge in [0.15, 0.2) is 5.69 Å². The summed E-state index contributed by atoms with van der Waals surface area (Å²) in [6, 6.07) is 4.08. The lowest BCUT2D eigenvalue weighted by molar-refractivity contribution is 0.0690. The Morgan fingerprint density at radius 2 is 1.96 bits per heavy atom. The van der Waals surface area contributed by atoms with Gasteiger partial charge in [-0.2, -0.15) is 0 Å². The molecule has 0 saturated carbocycles. The zero-order valence-corrected chi connectivity index (χ0v) is 12.7. The number of nitrogens with zero attached hydrogens (tertiary/aromatic N) is 4. The van der Waals surface area contributed by atoms with Crippen molar-refractivity contribution in [1.82, 2.24) is 15.0 Å². The maximum atomic E-state index is 10.7. The zero-order chi connectivity index (χ0) is 16.1. The van der Waals surface area contributed by atoms with E-state index in [-0.39, 0.29) is 5.69 Å². The van der Waals surface area contributed by atoms with Crippen molar-refractivity contribution in [3.05, 3.63) is 42.6 Å². The predicted octanol–water partition coefficient (Wildman–Crippen LogP) is 1.90. The molecule has 23 heavy (non-hydrogen) atoms. The molecule has 1 aliphatic rings. The predicted molar refractivity (Wildman–Crippen MR) is 86.7 cm³/mol. The van der Waals surface area contributed by atoms with Gasteiger partial charge >= 0.3 is 5.97 Å². The van der Waals surface area contributed by atoms with Gasteiger partial charge in [0.25, 0.3) is 0 Å². The molecule has 0 bridgehead atoms. The van der Waals surface area contributed by atoms with Gasteiger partial charge in [-0.3, -0.25) is 4.98 Å². The Morgan fingerprint density at radius 3 is 2.57 bits per heavy atom. The Labute approximate surface area is 134 Å². The Morgan fingerprint density at radius 1 is 1.22 bits per heavy atom. The average molecular weight is 313 g/mol. The fourth-order valence-electron chi connectivity index (χ4n) is 2.73. The normalized spacial score (nSPS) is 15.4. The molecule has 2 N–H and O–H groups in total. The van der Waals surface area contributed by atoms with Crippen LogP contribution in [0.15, 0.2) is 36.9 Å². The van der Waals surface area contributed by atoms with Crippen LogP contribution >= 0.6 is 0 Å². The van der Waals surface area contributed by atoms with Crippen molar-refractivity contribution in [1.29, 1.82) is 0 Å². The van der Waals surface area contributed by atoms with Gasteiger partial charge in [-0.05, 0) is 30.9 Å². The maximum absolute atomic E-state index is 10.7. The number of hydrogen-bond donors (Lipinski definition) is 2. The van der Waals surface area contributed by atoms with Crippen molar-refractivity contribution < 1.29 is 9.90 Å². The number of carbonyl (C=O) groups is 1. The minimum Gasteiger partial charge on any atom is -0.476 e. The van der Waals surface area contributed by atoms with Crippen LogP contribution in [-0.4, -0.2) is 45.7 Å². The highest BCUT2D eigenvalue weighted by molar-refractivity contribution is 5.84. The highest BCUT2D eigenvalue weighted by atomic mass is 16.4. The molecular weight excluding hydrogens is 294 g/mol. The Hall–Kier alpha value is -2.70. The molecule has 3 heterocycles. The van der Waals surface area contributed by atoms with Crippen LogP contribution in [0.5, 0.6) is 0 Å². The van der Waals surface area contributed by atoms with Crippen LogP contribution in [0.1, 0.15) is 23.3 Å². The number of hydrogen-bond acceptors (Lipinski definition) is 6. The van der Waals surface area contributed by atoms with E-state index in [0.29, 0.717) is 11.7 Å². The number of piperidine rings is 1. The summed E-state index contributed by atoms with van der Waals surface area (Å²) in [4.78, 5) is 25.1. The van der Waals surface area contributed by atoms with E-state index in [4.69, 9.17) is 5.11 Å². The summed E-state index contributed by atoms with van der Waals surface area (Å²) in [6.45, 7) is 2.88. The first-order chi connectivity index (χ1) is 11.2. The number of pyridine rings is 1. The largest absolute Gasteiger partial charge is 0.476 e. The van der Waals surface area contributed by atoms with Crippen LogP contribution in [0.2, 0.25) is 0 Å². The first-order valence-corrected chi connectivity index (χ1v) is 7.66. The Kier molecular flexibility index (Phi) is 4.65. The molecule has 0 aromatic carbocycles. The van der Waals surface area contributed by atoms with Crippen LogP contribution < -0.4 is 10.2 Å². The van der Waals surface area contributed by atoms with Gasteiger partial charge in [0.05, 0.1) is 12.4 Å². The molecule has 2 aromatic heterocycles. The molecular formula is C16H19N5O2. The van der Waals surface area contributed by atoms with Crippen molar-refractivity contribution >= 4 is 17.5 Å². The number of nitrogens with one attached hydrogen (secondary N) is 1. The molecule has 1 aliphatic heterocycles. The third-order valence-electron chi connectivity index (χ3n) is 4.09. The number of carboxylic acids is 1. The van der Waals surface area contributed by atoms with Crippen molar-refractivity contribution in [2.75, 3.05) is 29.9 Å². The quantitative estimate of drug-likeness (QED) is 0.871. The molecule has 0 spiro atoms. The summed E-state index contributed by atoms with van der Waals surface area (Å²) in [6.07, 6.45) is 8.60. The molecule has 1 saturated heterocycles. The van der Waals surface area contributed by atoms with Crippen LogP contribution in [0.4, 0.5) is 11.5 Å². The van der Waals surface area contributed by atoms with Crippen LogP contribution in [0.3, 0.4) is 0 Å². The first kappa shape index (κ1) is 15.2. The number of aromatic carboxylic acids is 1. The van der Waals surface area contributed by atoms with E-state index in [2.05, 4.69) is 25.2 Å². The average Bonchev–Trinajstić information content (AvgIpc) is 2.61. The summed E-state index contributed by atoms with van der Waals surface area (Å²) in [5.74, 6) is 0.133. The first-order valence-electron chi connectivity index (χ1n) is 7.66. The van der Waals surface area contributed by atoms with Gasteiger partial charge in [-0.25, -0.2) is 14.8 Å². The van der Waals surface area contributed by atoms with Gasteiger partial charge in [-0.1, -0.05) is 0 Å². The number of aromatic nitrogens is 3. The fourth-order valence-corrected chi connectivity index (χ4v) is 2.73. The minimum absolute atomic E-state index is 0.0405. The third-order valence-corrected chi connectivity index (χ3v) is 4.09. The smallest absolute Gasteiger partial charge is 0.356 e. The summed E-state index contributed by atoms with van der Waals surface area (Å²) in [7, 11) is 0. The van der Waals surface area contributed by atoms with E-state index in [1.165, 1.54) is 18.1 Å². The maximum Gasteiger partial charge on any atom is 0.356 e. The molecule has 0 atom stereocenters. The Bertz CT molecular complexity index is 639. The lowest BCUT2D eigenvalue weighted by Gasteiger charge is -2.33. The second kappa shape index (κ2) is 7.04. The van der Waals surface area contributed by atoms with E-state index < -0.39 is 5.97 Å². The Balaban J connectivity index is 1.46. The fraction of sp³-hybridized carbons (Fsp3) is 0.375. The molecule has 0 aliphatic carbocycles. The van der Waals surface area contributed by atoms with Gasteiger partial charge in [0, 0.05) is 37.7 Å². The monoisotopic (exact) mass is 313 g/mol. The molecule has 7 heteroatoms. The molecule has 1 fully saturated rings. The molecule has 2 aromatic rings. The number of carboxylic acid groups (broad SMARTS) is 1. The van der Waals surface area contributed by atoms with Crippen molar-refractivity contribution in [3.63, 3.8) is 0 Å². The van der Waals surface area contributed by atoms with Gasteiger partial charge < -0.3 is 15.3 Å². The molecule has 0 radical (unpaired) electrons. The summed E-state index contributed by atoms with van der Waals surface area (Å²) in [5.41, 5.74) is 1.18. The van der Waals surface area contributed by atoms with E-state index in [1.807, 2.05) is 24.5 Å². The SMILES string of the molecule is O=C(O)c1cnc(NCC2CCN(c3ccncc3)CC2)cn1. The van der Waals surface area contributed by atoms with Gasteiger partial charge in [0.1, 0.15) is 5.82 Å². The molecule has 0 unspecified atom stereocenters. The lowest BCUT2D eigenvalue weighted by atomic mass is 9.96. The molecule has 7 nitrogen and oxygen atoms in total. The van der Waals surface area contributed by atoms with E-state index >= 15 is 0 Å². The van der Waals surface area contributed by atoms with Crippen LogP contribution in [-0.2, 0) is 0 Å². The van der Waals surface area contributed by atoms with Crippen molar-refractivity contribution in [2.24, 2.45) is 5.92 Å². The number of rotatable bonds is 5. The third kappa shape index (κ3) is 3.94. The van der Waals surface area contributed by atoms with Gasteiger partial charge in [0.2, 0.25) is 0 Å². The van der Waals surface area contributed by atoms with E-state index in [0.717, 1.165) is 32.5 Å². The summed E-state index contributed by atoms with van der Waals surface area (Å²) in [5, 5.41) is 12.0. The van der Waals surface area contributed by atoms with E-state index in [9.17, 15) is 4.79 Å². The standard InChI is InChI=1S/C16H19N5O2/c22-16(23)14-10-20-15(11-18-14)19-9-12-3-7-21(8-4-12)13-1-5-17-6-2-13/h1-2,5-6,10-12H,3-4,7-9H2,(H,19,20)(H,22,23). The van der Waals surface area contributed by atoms with Crippen molar-refractivity contribution in [2.45, 2.75) is 12.8 Å². The summed E-state index contributed by atoms with van der Waals surface area (Å²) < 4.78 is 0. The minimum atomic E-state index is -1.06. The van der Waals surface area contributed by atoms with Crippen LogP contribution in [0, 0.1) is 5.92 Å². The molecule has 120 valence electrons. The second-order valence-electron chi connectivity index (χ2n) is 5.61. The van der Waals surface area contributed by atoms with Gasteiger partial charge in [-0.15, -0.1) is 0 Å². The number of anilines is 2. The van der Waals surface area contributed by atoms with E-state index in [1.54, 1.807) is 0 Å². The highest BCUT2D eigenvalue weighted by Crippen LogP contribution is 2.22.